The third-order valence-corrected chi connectivity index (χ3v) is 4.64. The molecular weight excluding hydrogens is 310 g/mol. The van der Waals surface area contributed by atoms with Crippen molar-refractivity contribution in [3.63, 3.8) is 0 Å². The van der Waals surface area contributed by atoms with Crippen LogP contribution in [0, 0.1) is 0 Å². The number of benzene rings is 1. The van der Waals surface area contributed by atoms with Crippen molar-refractivity contribution in [1.29, 1.82) is 0 Å². The molecule has 0 aliphatic carbocycles. The van der Waals surface area contributed by atoms with Gasteiger partial charge in [-0.3, -0.25) is 9.69 Å². The summed E-state index contributed by atoms with van der Waals surface area (Å²) in [5.74, 6) is 0.341. The number of phenols is 1. The number of nitrogens with zero attached hydrogens (tertiary/aromatic N) is 1. The van der Waals surface area contributed by atoms with Crippen LogP contribution in [0.5, 0.6) is 5.75 Å². The van der Waals surface area contributed by atoms with E-state index in [0.717, 1.165) is 5.56 Å². The number of thiophene rings is 1. The molecule has 0 atom stereocenters. The van der Waals surface area contributed by atoms with E-state index in [0.29, 0.717) is 29.1 Å². The summed E-state index contributed by atoms with van der Waals surface area (Å²) >= 11 is 1.42. The predicted octanol–water partition coefficient (Wildman–Crippen LogP) is 3.23. The Bertz CT molecular complexity index is 665. The molecule has 0 radical (unpaired) electrons. The molecule has 0 saturated carbocycles. The van der Waals surface area contributed by atoms with Crippen molar-refractivity contribution in [2.75, 3.05) is 20.2 Å². The largest absolute Gasteiger partial charge is 0.507 e. The number of likely N-dealkylation sites (N-methyl/N-ethyl adjacent to an activating group) is 1. The highest BCUT2D eigenvalue weighted by Crippen LogP contribution is 2.32. The summed E-state index contributed by atoms with van der Waals surface area (Å²) in [6.07, 6.45) is 0. The molecule has 0 amide bonds. The second-order valence-electron chi connectivity index (χ2n) is 6.00. The Labute approximate surface area is 141 Å². The first-order valence-electron chi connectivity index (χ1n) is 7.67. The Morgan fingerprint density at radius 3 is 2.65 bits per heavy atom. The number of hydrogen-bond acceptors (Lipinski definition) is 5. The number of carbonyl (C=O) groups excluding carboxylic acids is 1. The van der Waals surface area contributed by atoms with Gasteiger partial charge in [0.1, 0.15) is 5.75 Å². The number of aliphatic hydroxyl groups is 1. The van der Waals surface area contributed by atoms with Gasteiger partial charge >= 0.3 is 0 Å². The molecule has 0 bridgehead atoms. The molecule has 0 spiro atoms. The zero-order valence-electron chi connectivity index (χ0n) is 13.7. The highest BCUT2D eigenvalue weighted by molar-refractivity contribution is 7.12. The number of ketones is 1. The molecule has 124 valence electrons. The summed E-state index contributed by atoms with van der Waals surface area (Å²) in [6, 6.07) is 7.22. The summed E-state index contributed by atoms with van der Waals surface area (Å²) in [5, 5.41) is 21.4. The lowest BCUT2D eigenvalue weighted by Gasteiger charge is -2.19. The second kappa shape index (κ2) is 7.73. The smallest absolute Gasteiger partial charge is 0.202 e. The normalized spacial score (nSPS) is 11.4. The van der Waals surface area contributed by atoms with Gasteiger partial charge in [-0.05, 0) is 42.1 Å². The second-order valence-corrected chi connectivity index (χ2v) is 6.94. The van der Waals surface area contributed by atoms with Crippen molar-refractivity contribution >= 4 is 17.1 Å². The number of hydrogen-bond donors (Lipinski definition) is 2. The van der Waals surface area contributed by atoms with Crippen molar-refractivity contribution in [3.8, 4) is 5.75 Å². The Morgan fingerprint density at radius 1 is 1.35 bits per heavy atom. The van der Waals surface area contributed by atoms with Crippen LogP contribution in [0.4, 0.5) is 0 Å². The minimum absolute atomic E-state index is 0.0204. The number of carbonyl (C=O) groups is 1. The molecule has 0 unspecified atom stereocenters. The molecule has 2 rings (SSSR count). The van der Waals surface area contributed by atoms with Crippen molar-refractivity contribution in [2.24, 2.45) is 0 Å². The van der Waals surface area contributed by atoms with Crippen molar-refractivity contribution in [1.82, 2.24) is 4.90 Å². The summed E-state index contributed by atoms with van der Waals surface area (Å²) in [6.45, 7) is 5.05. The van der Waals surface area contributed by atoms with Crippen LogP contribution in [-0.4, -0.2) is 41.1 Å². The van der Waals surface area contributed by atoms with Crippen LogP contribution in [0.2, 0.25) is 0 Å². The van der Waals surface area contributed by atoms with Gasteiger partial charge in [-0.2, -0.15) is 0 Å². The summed E-state index contributed by atoms with van der Waals surface area (Å²) < 4.78 is 0. The van der Waals surface area contributed by atoms with E-state index in [2.05, 4.69) is 0 Å². The quantitative estimate of drug-likeness (QED) is 0.764. The van der Waals surface area contributed by atoms with Gasteiger partial charge in [-0.1, -0.05) is 19.9 Å². The Kier molecular flexibility index (Phi) is 5.93. The number of rotatable bonds is 7. The van der Waals surface area contributed by atoms with Crippen LogP contribution in [0.1, 0.15) is 46.1 Å². The molecule has 2 aromatic rings. The fraction of sp³-hybridized carbons (Fsp3) is 0.389. The Hall–Kier alpha value is -1.69. The third kappa shape index (κ3) is 4.19. The zero-order valence-corrected chi connectivity index (χ0v) is 14.6. The molecule has 0 saturated heterocycles. The van der Waals surface area contributed by atoms with Gasteiger partial charge in [0.2, 0.25) is 5.78 Å². The van der Waals surface area contributed by atoms with Crippen LogP contribution in [0.25, 0.3) is 0 Å². The SMILES string of the molecule is CC(C)c1cc(C(=O)c2cccs2)cc(CN(C)CCO)c1O. The van der Waals surface area contributed by atoms with Crippen LogP contribution in [-0.2, 0) is 6.54 Å². The van der Waals surface area contributed by atoms with Gasteiger partial charge in [0.05, 0.1) is 11.5 Å². The van der Waals surface area contributed by atoms with Crippen molar-refractivity contribution in [3.05, 3.63) is 51.2 Å². The first-order chi connectivity index (χ1) is 10.9. The molecule has 2 N–H and O–H groups in total. The molecule has 0 fully saturated rings. The van der Waals surface area contributed by atoms with Crippen molar-refractivity contribution < 1.29 is 15.0 Å². The maximum atomic E-state index is 12.6. The zero-order chi connectivity index (χ0) is 17.0. The van der Waals surface area contributed by atoms with Gasteiger partial charge in [-0.15, -0.1) is 11.3 Å². The highest BCUT2D eigenvalue weighted by atomic mass is 32.1. The monoisotopic (exact) mass is 333 g/mol. The first-order valence-corrected chi connectivity index (χ1v) is 8.55. The third-order valence-electron chi connectivity index (χ3n) is 3.77. The van der Waals surface area contributed by atoms with Gasteiger partial charge in [-0.25, -0.2) is 0 Å². The average molecular weight is 333 g/mol. The van der Waals surface area contributed by atoms with Crippen LogP contribution < -0.4 is 0 Å². The van der Waals surface area contributed by atoms with Gasteiger partial charge < -0.3 is 10.2 Å². The van der Waals surface area contributed by atoms with E-state index in [1.165, 1.54) is 11.3 Å². The number of phenolic OH excluding ortho intramolecular Hbond substituents is 1. The molecule has 23 heavy (non-hydrogen) atoms. The molecule has 0 aliphatic heterocycles. The molecular formula is C18H23NO3S. The number of aliphatic hydroxyl groups excluding tert-OH is 1. The summed E-state index contributed by atoms with van der Waals surface area (Å²) in [7, 11) is 1.87. The van der Waals surface area contributed by atoms with Crippen LogP contribution in [0.3, 0.4) is 0 Å². The lowest BCUT2D eigenvalue weighted by Crippen LogP contribution is -2.22. The molecule has 1 heterocycles. The lowest BCUT2D eigenvalue weighted by molar-refractivity contribution is 0.104. The lowest BCUT2D eigenvalue weighted by atomic mass is 9.94. The average Bonchev–Trinajstić information content (AvgIpc) is 3.02. The maximum absolute atomic E-state index is 12.6. The fourth-order valence-electron chi connectivity index (χ4n) is 2.50. The van der Waals surface area contributed by atoms with Crippen LogP contribution in [0.15, 0.2) is 29.6 Å². The van der Waals surface area contributed by atoms with Gasteiger partial charge in [0.25, 0.3) is 0 Å². The van der Waals surface area contributed by atoms with E-state index in [4.69, 9.17) is 5.11 Å². The summed E-state index contributed by atoms with van der Waals surface area (Å²) in [4.78, 5) is 15.2. The van der Waals surface area contributed by atoms with E-state index < -0.39 is 0 Å². The highest BCUT2D eigenvalue weighted by Gasteiger charge is 2.18. The van der Waals surface area contributed by atoms with Gasteiger partial charge in [0.15, 0.2) is 0 Å². The standard InChI is InChI=1S/C18H23NO3S/c1-12(2)15-10-13(18(22)16-5-4-8-23-16)9-14(17(15)21)11-19(3)6-7-20/h4-5,8-10,12,20-21H,6-7,11H2,1-3H3. The fourth-order valence-corrected chi connectivity index (χ4v) is 3.19. The molecule has 5 heteroatoms. The van der Waals surface area contributed by atoms with E-state index in [9.17, 15) is 9.90 Å². The molecule has 1 aromatic heterocycles. The van der Waals surface area contributed by atoms with Gasteiger partial charge in [0, 0.05) is 24.2 Å². The molecule has 1 aromatic carbocycles. The van der Waals surface area contributed by atoms with Crippen molar-refractivity contribution in [2.45, 2.75) is 26.3 Å². The topological polar surface area (TPSA) is 60.8 Å². The minimum atomic E-state index is -0.0204. The summed E-state index contributed by atoms with van der Waals surface area (Å²) in [5.41, 5.74) is 2.09. The van der Waals surface area contributed by atoms with E-state index in [1.807, 2.05) is 43.3 Å². The van der Waals surface area contributed by atoms with E-state index >= 15 is 0 Å². The molecule has 0 aliphatic rings. The minimum Gasteiger partial charge on any atom is -0.507 e. The van der Waals surface area contributed by atoms with E-state index in [1.54, 1.807) is 12.1 Å². The van der Waals surface area contributed by atoms with Crippen LogP contribution >= 0.6 is 11.3 Å². The first kappa shape index (κ1) is 17.7. The maximum Gasteiger partial charge on any atom is 0.202 e. The Morgan fingerprint density at radius 2 is 2.09 bits per heavy atom. The predicted molar refractivity (Wildman–Crippen MR) is 93.4 cm³/mol. The Balaban J connectivity index is 2.43. The number of aromatic hydroxyl groups is 1. The van der Waals surface area contributed by atoms with E-state index in [-0.39, 0.29) is 24.1 Å². The molecule has 4 nitrogen and oxygen atoms in total.